The van der Waals surface area contributed by atoms with Gasteiger partial charge in [0.05, 0.1) is 0 Å². The van der Waals surface area contributed by atoms with Crippen LogP contribution in [-0.2, 0) is 43.0 Å². The van der Waals surface area contributed by atoms with Crippen LogP contribution in [0.5, 0.6) is 0 Å². The van der Waals surface area contributed by atoms with E-state index in [-0.39, 0.29) is 17.6 Å². The Labute approximate surface area is 171 Å². The molecule has 0 aromatic rings. The van der Waals surface area contributed by atoms with E-state index in [1.165, 1.54) is 13.8 Å². The van der Waals surface area contributed by atoms with Gasteiger partial charge in [-0.15, -0.1) is 0 Å². The summed E-state index contributed by atoms with van der Waals surface area (Å²) in [5, 5.41) is 0. The summed E-state index contributed by atoms with van der Waals surface area (Å²) < 4.78 is 41.7. The van der Waals surface area contributed by atoms with Crippen molar-refractivity contribution in [2.24, 2.45) is 11.3 Å². The van der Waals surface area contributed by atoms with Crippen molar-refractivity contribution in [1.29, 1.82) is 0 Å². The summed E-state index contributed by atoms with van der Waals surface area (Å²) in [4.78, 5) is 36.4. The Hall–Kier alpha value is -2.24. The lowest BCUT2D eigenvalue weighted by molar-refractivity contribution is -0.170. The average molecular weight is 435 g/mol. The van der Waals surface area contributed by atoms with Gasteiger partial charge in [-0.05, 0) is 20.3 Å². The second-order valence-corrected chi connectivity index (χ2v) is 8.31. The van der Waals surface area contributed by atoms with Crippen molar-refractivity contribution >= 4 is 28.0 Å². The molecule has 0 aliphatic rings. The second kappa shape index (κ2) is 12.3. The minimum Gasteiger partial charge on any atom is -0.464 e. The van der Waals surface area contributed by atoms with Crippen molar-refractivity contribution in [3.05, 3.63) is 24.3 Å². The Morgan fingerprint density at radius 1 is 0.966 bits per heavy atom. The van der Waals surface area contributed by atoms with Crippen LogP contribution in [0.1, 0.15) is 40.0 Å². The highest BCUT2D eigenvalue weighted by Crippen LogP contribution is 2.29. The fraction of sp³-hybridized carbons (Fsp3) is 0.611. The Bertz CT molecular complexity index is 698. The van der Waals surface area contributed by atoms with E-state index in [4.69, 9.17) is 14.2 Å². The summed E-state index contributed by atoms with van der Waals surface area (Å²) in [7, 11) is -4.04. The van der Waals surface area contributed by atoms with Gasteiger partial charge in [-0.3, -0.25) is 4.79 Å². The maximum atomic E-state index is 12.8. The number of carbonyl (C=O) groups is 3. The van der Waals surface area contributed by atoms with Crippen LogP contribution in [-0.4, -0.2) is 51.9 Å². The summed E-state index contributed by atoms with van der Waals surface area (Å²) in [5.41, 5.74) is -1.29. The predicted molar refractivity (Wildman–Crippen MR) is 104 cm³/mol. The zero-order chi connectivity index (χ0) is 22.7. The molecule has 0 bridgehead atoms. The van der Waals surface area contributed by atoms with Gasteiger partial charge in [0.1, 0.15) is 31.0 Å². The Morgan fingerprint density at radius 2 is 1.45 bits per heavy atom. The first-order chi connectivity index (χ1) is 13.4. The molecule has 0 rings (SSSR count). The summed E-state index contributed by atoms with van der Waals surface area (Å²) in [6, 6.07) is 0. The molecule has 0 radical (unpaired) electrons. The Balaban J connectivity index is 5.55. The average Bonchev–Trinajstić information content (AvgIpc) is 2.66. The van der Waals surface area contributed by atoms with Crippen molar-refractivity contribution in [2.45, 2.75) is 40.0 Å². The lowest BCUT2D eigenvalue weighted by Gasteiger charge is -2.30. The third-order valence-corrected chi connectivity index (χ3v) is 4.77. The number of hydrogen-bond acceptors (Lipinski definition) is 10. The van der Waals surface area contributed by atoms with Crippen molar-refractivity contribution in [2.75, 3.05) is 25.6 Å². The SMILES string of the molecule is C=C(C)C(=O)OCC(CCCC)(COC(=O)C(=C)C)C(=O)OCCS(=O)(=O)ON. The smallest absolute Gasteiger partial charge is 0.333 e. The molecular weight excluding hydrogens is 406 g/mol. The molecule has 0 aliphatic carbocycles. The second-order valence-electron chi connectivity index (χ2n) is 6.59. The van der Waals surface area contributed by atoms with Crippen LogP contribution in [0.4, 0.5) is 0 Å². The van der Waals surface area contributed by atoms with E-state index in [9.17, 15) is 22.8 Å². The Morgan fingerprint density at radius 3 is 1.83 bits per heavy atom. The highest BCUT2D eigenvalue weighted by molar-refractivity contribution is 7.86. The molecule has 0 fully saturated rings. The number of hydrogen-bond donors (Lipinski definition) is 1. The molecule has 11 heteroatoms. The van der Waals surface area contributed by atoms with Crippen LogP contribution in [0, 0.1) is 5.41 Å². The normalized spacial score (nSPS) is 11.4. The van der Waals surface area contributed by atoms with Gasteiger partial charge < -0.3 is 14.2 Å². The van der Waals surface area contributed by atoms with Gasteiger partial charge in [0, 0.05) is 11.1 Å². The monoisotopic (exact) mass is 435 g/mol. The zero-order valence-corrected chi connectivity index (χ0v) is 17.8. The van der Waals surface area contributed by atoms with E-state index in [2.05, 4.69) is 23.3 Å². The largest absolute Gasteiger partial charge is 0.464 e. The topological polar surface area (TPSA) is 148 Å². The van der Waals surface area contributed by atoms with Crippen molar-refractivity contribution in [3.63, 3.8) is 0 Å². The van der Waals surface area contributed by atoms with Gasteiger partial charge in [0.25, 0.3) is 10.1 Å². The fourth-order valence-electron chi connectivity index (χ4n) is 2.01. The molecule has 0 unspecified atom stereocenters. The van der Waals surface area contributed by atoms with Crippen LogP contribution in [0.3, 0.4) is 0 Å². The molecule has 0 spiro atoms. The number of ether oxygens (including phenoxy) is 3. The van der Waals surface area contributed by atoms with Gasteiger partial charge in [-0.1, -0.05) is 32.9 Å². The molecule has 10 nitrogen and oxygen atoms in total. The van der Waals surface area contributed by atoms with Crippen molar-refractivity contribution in [1.82, 2.24) is 0 Å². The Kier molecular flexibility index (Phi) is 11.4. The summed E-state index contributed by atoms with van der Waals surface area (Å²) in [5.74, 6) is 1.61. The molecule has 0 saturated carbocycles. The van der Waals surface area contributed by atoms with Gasteiger partial charge >= 0.3 is 17.9 Å². The highest BCUT2D eigenvalue weighted by atomic mass is 32.2. The van der Waals surface area contributed by atoms with E-state index in [0.717, 1.165) is 0 Å². The van der Waals surface area contributed by atoms with Crippen LogP contribution in [0.2, 0.25) is 0 Å². The van der Waals surface area contributed by atoms with Crippen LogP contribution in [0.15, 0.2) is 24.3 Å². The first-order valence-electron chi connectivity index (χ1n) is 8.84. The minimum atomic E-state index is -4.04. The van der Waals surface area contributed by atoms with Crippen molar-refractivity contribution < 1.29 is 41.3 Å². The molecule has 29 heavy (non-hydrogen) atoms. The molecule has 0 atom stereocenters. The summed E-state index contributed by atoms with van der Waals surface area (Å²) >= 11 is 0. The zero-order valence-electron chi connectivity index (χ0n) is 17.0. The lowest BCUT2D eigenvalue weighted by atomic mass is 9.84. The summed E-state index contributed by atoms with van der Waals surface area (Å²) in [6.07, 6.45) is 1.37. The predicted octanol–water partition coefficient (Wildman–Crippen LogP) is 1.16. The third-order valence-electron chi connectivity index (χ3n) is 3.81. The first-order valence-corrected chi connectivity index (χ1v) is 10.4. The number of unbranched alkanes of at least 4 members (excludes halogenated alkanes) is 1. The van der Waals surface area contributed by atoms with Crippen molar-refractivity contribution in [3.8, 4) is 0 Å². The van der Waals surface area contributed by atoms with Crippen LogP contribution < -0.4 is 5.90 Å². The molecule has 0 aromatic carbocycles. The third kappa shape index (κ3) is 9.68. The standard InChI is InChI=1S/C18H29NO9S/c1-6-7-8-18(11-26-15(20)13(2)3,12-27-16(21)14(4)5)17(22)25-9-10-29(23,24)28-19/h2,4,6-12,19H2,1,3,5H3. The van der Waals surface area contributed by atoms with Crippen LogP contribution >= 0.6 is 0 Å². The van der Waals surface area contributed by atoms with E-state index < -0.39 is 59.0 Å². The van der Waals surface area contributed by atoms with Gasteiger partial charge in [0.2, 0.25) is 0 Å². The molecule has 0 aliphatic heterocycles. The molecule has 0 saturated heterocycles. The molecular formula is C18H29NO9S. The van der Waals surface area contributed by atoms with E-state index in [1.807, 2.05) is 6.92 Å². The summed E-state index contributed by atoms with van der Waals surface area (Å²) in [6.45, 7) is 10.3. The highest BCUT2D eigenvalue weighted by Gasteiger charge is 2.43. The number of esters is 3. The fourth-order valence-corrected chi connectivity index (χ4v) is 2.40. The molecule has 0 heterocycles. The molecule has 2 N–H and O–H groups in total. The van der Waals surface area contributed by atoms with Crippen LogP contribution in [0.25, 0.3) is 0 Å². The maximum Gasteiger partial charge on any atom is 0.333 e. The first kappa shape index (κ1) is 26.8. The van der Waals surface area contributed by atoms with E-state index in [1.54, 1.807) is 0 Å². The number of nitrogens with two attached hydrogens (primary N) is 1. The van der Waals surface area contributed by atoms with E-state index >= 15 is 0 Å². The van der Waals surface area contributed by atoms with Gasteiger partial charge in [-0.25, -0.2) is 9.59 Å². The molecule has 0 amide bonds. The van der Waals surface area contributed by atoms with E-state index in [0.29, 0.717) is 12.8 Å². The minimum absolute atomic E-state index is 0.118. The number of carbonyl (C=O) groups excluding carboxylic acids is 3. The molecule has 166 valence electrons. The quantitative estimate of drug-likeness (QED) is 0.182. The molecule has 0 aromatic heterocycles. The van der Waals surface area contributed by atoms with Gasteiger partial charge in [0.15, 0.2) is 0 Å². The number of rotatable bonds is 14. The lowest BCUT2D eigenvalue weighted by Crippen LogP contribution is -2.43. The maximum absolute atomic E-state index is 12.8. The van der Waals surface area contributed by atoms with Gasteiger partial charge in [-0.2, -0.15) is 18.6 Å².